The van der Waals surface area contributed by atoms with Gasteiger partial charge in [-0.05, 0) is 32.0 Å². The molecule has 0 spiro atoms. The molecule has 0 aliphatic carbocycles. The fourth-order valence-electron chi connectivity index (χ4n) is 2.43. The third-order valence-corrected chi connectivity index (χ3v) is 5.99. The van der Waals surface area contributed by atoms with Crippen LogP contribution in [0.4, 0.5) is 0 Å². The maximum Gasteiger partial charge on any atom is 0.338 e. The fraction of sp³-hybridized carbons (Fsp3) is 0.412. The molecule has 0 bridgehead atoms. The zero-order chi connectivity index (χ0) is 18.6. The zero-order valence-electron chi connectivity index (χ0n) is 14.8. The first-order valence-electron chi connectivity index (χ1n) is 8.00. The summed E-state index contributed by atoms with van der Waals surface area (Å²) in [7, 11) is -3.63. The molecule has 1 heterocycles. The second-order valence-corrected chi connectivity index (χ2v) is 7.43. The third kappa shape index (κ3) is 4.08. The van der Waals surface area contributed by atoms with Gasteiger partial charge < -0.3 is 9.26 Å². The molecule has 2 rings (SSSR count). The van der Waals surface area contributed by atoms with E-state index in [0.29, 0.717) is 30.1 Å². The van der Waals surface area contributed by atoms with E-state index in [-0.39, 0.29) is 17.1 Å². The van der Waals surface area contributed by atoms with Gasteiger partial charge in [-0.2, -0.15) is 4.31 Å². The summed E-state index contributed by atoms with van der Waals surface area (Å²) < 4.78 is 36.7. The molecule has 136 valence electrons. The highest BCUT2D eigenvalue weighted by molar-refractivity contribution is 7.89. The summed E-state index contributed by atoms with van der Waals surface area (Å²) in [6.45, 7) is 7.77. The summed E-state index contributed by atoms with van der Waals surface area (Å²) in [6, 6.07) is 5.86. The van der Waals surface area contributed by atoms with Crippen molar-refractivity contribution in [1.29, 1.82) is 0 Å². The number of rotatable bonds is 7. The minimum atomic E-state index is -3.63. The molecule has 0 aliphatic heterocycles. The Balaban J connectivity index is 2.19. The van der Waals surface area contributed by atoms with Gasteiger partial charge in [-0.3, -0.25) is 0 Å². The average Bonchev–Trinajstić information content (AvgIpc) is 2.92. The van der Waals surface area contributed by atoms with Crippen molar-refractivity contribution in [2.24, 2.45) is 0 Å². The van der Waals surface area contributed by atoms with E-state index in [1.165, 1.54) is 28.6 Å². The first-order chi connectivity index (χ1) is 11.8. The molecule has 0 unspecified atom stereocenters. The predicted molar refractivity (Wildman–Crippen MR) is 91.6 cm³/mol. The van der Waals surface area contributed by atoms with Crippen molar-refractivity contribution < 1.29 is 22.5 Å². The van der Waals surface area contributed by atoms with Crippen LogP contribution in [0.2, 0.25) is 0 Å². The molecular formula is C17H22N2O5S. The standard InChI is InChI=1S/C17H22N2O5S/c1-5-19(6-2)25(21,22)15-9-7-8-14(10-15)17(20)23-11-16-12(3)18-24-13(16)4/h7-10H,5-6,11H2,1-4H3. The van der Waals surface area contributed by atoms with Crippen LogP contribution in [0.15, 0.2) is 33.7 Å². The molecule has 7 nitrogen and oxygen atoms in total. The lowest BCUT2D eigenvalue weighted by Gasteiger charge is -2.18. The Morgan fingerprint density at radius 2 is 1.92 bits per heavy atom. The average molecular weight is 366 g/mol. The van der Waals surface area contributed by atoms with Crippen molar-refractivity contribution in [3.05, 3.63) is 46.8 Å². The number of aryl methyl sites for hydroxylation is 2. The molecule has 1 aromatic heterocycles. The van der Waals surface area contributed by atoms with E-state index in [1.807, 2.05) is 0 Å². The number of aromatic nitrogens is 1. The molecule has 2 aromatic rings. The summed E-state index contributed by atoms with van der Waals surface area (Å²) in [5, 5.41) is 3.80. The van der Waals surface area contributed by atoms with Gasteiger partial charge in [0.2, 0.25) is 10.0 Å². The van der Waals surface area contributed by atoms with Crippen LogP contribution in [0.25, 0.3) is 0 Å². The van der Waals surface area contributed by atoms with Gasteiger partial charge in [0.05, 0.1) is 21.7 Å². The number of carbonyl (C=O) groups excluding carboxylic acids is 1. The maximum atomic E-state index is 12.6. The minimum absolute atomic E-state index is 0.0209. The Bertz CT molecular complexity index is 834. The topological polar surface area (TPSA) is 89.7 Å². The smallest absolute Gasteiger partial charge is 0.338 e. The van der Waals surface area contributed by atoms with Gasteiger partial charge in [-0.15, -0.1) is 0 Å². The van der Waals surface area contributed by atoms with E-state index >= 15 is 0 Å². The highest BCUT2D eigenvalue weighted by Crippen LogP contribution is 2.19. The molecule has 0 fully saturated rings. The van der Waals surface area contributed by atoms with Gasteiger partial charge >= 0.3 is 5.97 Å². The number of carbonyl (C=O) groups is 1. The summed E-state index contributed by atoms with van der Waals surface area (Å²) in [6.07, 6.45) is 0. The monoisotopic (exact) mass is 366 g/mol. The van der Waals surface area contributed by atoms with E-state index in [9.17, 15) is 13.2 Å². The first-order valence-corrected chi connectivity index (χ1v) is 9.44. The number of hydrogen-bond acceptors (Lipinski definition) is 6. The first kappa shape index (κ1) is 19.1. The van der Waals surface area contributed by atoms with Crippen LogP contribution in [0.5, 0.6) is 0 Å². The van der Waals surface area contributed by atoms with Crippen LogP contribution < -0.4 is 0 Å². The number of benzene rings is 1. The lowest BCUT2D eigenvalue weighted by atomic mass is 10.2. The fourth-order valence-corrected chi connectivity index (χ4v) is 3.93. The van der Waals surface area contributed by atoms with E-state index in [0.717, 1.165) is 0 Å². The second kappa shape index (κ2) is 7.79. The maximum absolute atomic E-state index is 12.6. The summed E-state index contributed by atoms with van der Waals surface area (Å²) >= 11 is 0. The van der Waals surface area contributed by atoms with Crippen molar-refractivity contribution in [1.82, 2.24) is 9.46 Å². The summed E-state index contributed by atoms with van der Waals surface area (Å²) in [5.74, 6) is -0.0141. The summed E-state index contributed by atoms with van der Waals surface area (Å²) in [5.41, 5.74) is 1.54. The molecule has 0 aliphatic rings. The number of hydrogen-bond donors (Lipinski definition) is 0. The number of ether oxygens (including phenoxy) is 1. The molecular weight excluding hydrogens is 344 g/mol. The number of sulfonamides is 1. The van der Waals surface area contributed by atoms with Crippen molar-refractivity contribution in [3.63, 3.8) is 0 Å². The molecule has 0 saturated heterocycles. The molecule has 0 radical (unpaired) electrons. The van der Waals surface area contributed by atoms with Gasteiger partial charge in [-0.25, -0.2) is 13.2 Å². The Kier molecular flexibility index (Phi) is 5.97. The Labute approximate surface area is 147 Å². The van der Waals surface area contributed by atoms with Crippen molar-refractivity contribution in [2.45, 2.75) is 39.2 Å². The molecule has 0 saturated carbocycles. The van der Waals surface area contributed by atoms with Gasteiger partial charge in [0.1, 0.15) is 12.4 Å². The van der Waals surface area contributed by atoms with Gasteiger partial charge in [0.25, 0.3) is 0 Å². The predicted octanol–water partition coefficient (Wildman–Crippen LogP) is 2.68. The lowest BCUT2D eigenvalue weighted by Crippen LogP contribution is -2.30. The van der Waals surface area contributed by atoms with E-state index in [2.05, 4.69) is 5.16 Å². The molecule has 0 atom stereocenters. The minimum Gasteiger partial charge on any atom is -0.457 e. The molecule has 0 amide bonds. The van der Waals surface area contributed by atoms with Crippen LogP contribution >= 0.6 is 0 Å². The van der Waals surface area contributed by atoms with Gasteiger partial charge in [-0.1, -0.05) is 25.1 Å². The Morgan fingerprint density at radius 3 is 2.48 bits per heavy atom. The Morgan fingerprint density at radius 1 is 1.24 bits per heavy atom. The van der Waals surface area contributed by atoms with Crippen molar-refractivity contribution in [2.75, 3.05) is 13.1 Å². The number of esters is 1. The number of nitrogens with zero attached hydrogens (tertiary/aromatic N) is 2. The van der Waals surface area contributed by atoms with Crippen molar-refractivity contribution in [3.8, 4) is 0 Å². The highest BCUT2D eigenvalue weighted by Gasteiger charge is 2.23. The lowest BCUT2D eigenvalue weighted by molar-refractivity contribution is 0.0470. The molecule has 0 N–H and O–H groups in total. The SMILES string of the molecule is CCN(CC)S(=O)(=O)c1cccc(C(=O)OCc2c(C)noc2C)c1. The second-order valence-electron chi connectivity index (χ2n) is 5.50. The van der Waals surface area contributed by atoms with Crippen LogP contribution in [0.3, 0.4) is 0 Å². The van der Waals surface area contributed by atoms with Crippen LogP contribution in [-0.2, 0) is 21.4 Å². The Hall–Kier alpha value is -2.19. The summed E-state index contributed by atoms with van der Waals surface area (Å²) in [4.78, 5) is 12.3. The van der Waals surface area contributed by atoms with Gasteiger partial charge in [0.15, 0.2) is 0 Å². The highest BCUT2D eigenvalue weighted by atomic mass is 32.2. The van der Waals surface area contributed by atoms with E-state index in [4.69, 9.17) is 9.26 Å². The zero-order valence-corrected chi connectivity index (χ0v) is 15.6. The van der Waals surface area contributed by atoms with Gasteiger partial charge in [0, 0.05) is 13.1 Å². The van der Waals surface area contributed by atoms with Crippen molar-refractivity contribution >= 4 is 16.0 Å². The van der Waals surface area contributed by atoms with Crippen LogP contribution in [0.1, 0.15) is 41.2 Å². The molecule has 8 heteroatoms. The quantitative estimate of drug-likeness (QED) is 0.700. The normalized spacial score (nSPS) is 11.7. The third-order valence-electron chi connectivity index (χ3n) is 3.94. The van der Waals surface area contributed by atoms with E-state index < -0.39 is 16.0 Å². The van der Waals surface area contributed by atoms with Crippen LogP contribution in [-0.4, -0.2) is 36.9 Å². The largest absolute Gasteiger partial charge is 0.457 e. The molecule has 25 heavy (non-hydrogen) atoms. The van der Waals surface area contributed by atoms with E-state index in [1.54, 1.807) is 27.7 Å². The molecule has 1 aromatic carbocycles. The van der Waals surface area contributed by atoms with Crippen LogP contribution in [0, 0.1) is 13.8 Å².